The Hall–Kier alpha value is -2.10. The molecule has 2 heterocycles. The Morgan fingerprint density at radius 1 is 1.15 bits per heavy atom. The lowest BCUT2D eigenvalue weighted by Crippen LogP contribution is -2.35. The van der Waals surface area contributed by atoms with E-state index in [1.54, 1.807) is 14.0 Å². The maximum atomic E-state index is 14.3. The number of methoxy groups -OCH3 is 1. The highest BCUT2D eigenvalue weighted by molar-refractivity contribution is 7.91. The van der Waals surface area contributed by atoms with Gasteiger partial charge in [-0.3, -0.25) is 0 Å². The van der Waals surface area contributed by atoms with E-state index in [1.165, 1.54) is 18.6 Å². The monoisotopic (exact) mass is 491 g/mol. The summed E-state index contributed by atoms with van der Waals surface area (Å²) in [7, 11) is -1.74. The zero-order chi connectivity index (χ0) is 24.1. The van der Waals surface area contributed by atoms with Crippen molar-refractivity contribution in [2.75, 3.05) is 37.5 Å². The van der Waals surface area contributed by atoms with Crippen LogP contribution in [0.25, 0.3) is 0 Å². The smallest absolute Gasteiger partial charge is 0.225 e. The van der Waals surface area contributed by atoms with Gasteiger partial charge < -0.3 is 14.4 Å². The second-order valence-corrected chi connectivity index (χ2v) is 11.6. The fourth-order valence-electron chi connectivity index (χ4n) is 4.88. The Morgan fingerprint density at radius 3 is 2.53 bits per heavy atom. The number of aromatic nitrogens is 2. The van der Waals surface area contributed by atoms with Gasteiger partial charge in [0.05, 0.1) is 23.9 Å². The van der Waals surface area contributed by atoms with E-state index in [1.807, 2.05) is 12.4 Å². The van der Waals surface area contributed by atoms with Gasteiger partial charge in [-0.15, -0.1) is 0 Å². The van der Waals surface area contributed by atoms with Gasteiger partial charge in [-0.1, -0.05) is 13.0 Å². The van der Waals surface area contributed by atoms with Crippen molar-refractivity contribution in [2.24, 2.45) is 17.8 Å². The van der Waals surface area contributed by atoms with Crippen LogP contribution >= 0.6 is 0 Å². The van der Waals surface area contributed by atoms with Crippen molar-refractivity contribution in [1.29, 1.82) is 0 Å². The third kappa shape index (κ3) is 6.12. The van der Waals surface area contributed by atoms with Crippen molar-refractivity contribution in [3.8, 4) is 0 Å². The quantitative estimate of drug-likeness (QED) is 0.439. The number of sulfone groups is 1. The molecule has 34 heavy (non-hydrogen) atoms. The fourth-order valence-corrected chi connectivity index (χ4v) is 5.77. The molecule has 1 saturated heterocycles. The van der Waals surface area contributed by atoms with Crippen LogP contribution in [-0.2, 0) is 32.5 Å². The summed E-state index contributed by atoms with van der Waals surface area (Å²) in [5.41, 5.74) is 1.38. The first kappa shape index (κ1) is 25.0. The van der Waals surface area contributed by atoms with Crippen LogP contribution in [0.15, 0.2) is 35.5 Å². The highest BCUT2D eigenvalue weighted by Crippen LogP contribution is 2.49. The van der Waals surface area contributed by atoms with Crippen LogP contribution in [0.2, 0.25) is 0 Å². The lowest BCUT2D eigenvalue weighted by Gasteiger charge is -2.32. The van der Waals surface area contributed by atoms with Crippen molar-refractivity contribution in [3.05, 3.63) is 47.5 Å². The molecule has 186 valence electrons. The summed E-state index contributed by atoms with van der Waals surface area (Å²) in [6, 6.07) is 4.07. The topological polar surface area (TPSA) is 81.6 Å². The minimum Gasteiger partial charge on any atom is -0.380 e. The SMILES string of the molecule is CCS(=O)(=O)c1ccc(COCCC2CC2C2CCN(c3ncc(COC)cn3)CC2)c(F)c1. The van der Waals surface area contributed by atoms with E-state index in [9.17, 15) is 12.8 Å². The highest BCUT2D eigenvalue weighted by atomic mass is 32.2. The molecule has 1 aliphatic heterocycles. The van der Waals surface area contributed by atoms with E-state index < -0.39 is 15.7 Å². The molecule has 1 aliphatic carbocycles. The lowest BCUT2D eigenvalue weighted by atomic mass is 9.90. The molecular weight excluding hydrogens is 457 g/mol. The second kappa shape index (κ2) is 11.1. The molecule has 0 amide bonds. The highest BCUT2D eigenvalue weighted by Gasteiger charge is 2.43. The van der Waals surface area contributed by atoms with Gasteiger partial charge in [-0.25, -0.2) is 22.8 Å². The minimum atomic E-state index is -3.40. The van der Waals surface area contributed by atoms with Gasteiger partial charge in [0.25, 0.3) is 0 Å². The predicted octanol–water partition coefficient (Wildman–Crippen LogP) is 4.02. The molecule has 4 rings (SSSR count). The van der Waals surface area contributed by atoms with Gasteiger partial charge >= 0.3 is 0 Å². The Kier molecular flexibility index (Phi) is 8.16. The number of hydrogen-bond donors (Lipinski definition) is 0. The van der Waals surface area contributed by atoms with Crippen LogP contribution < -0.4 is 4.90 Å². The molecule has 0 N–H and O–H groups in total. The number of hydrogen-bond acceptors (Lipinski definition) is 7. The van der Waals surface area contributed by atoms with Crippen LogP contribution in [0.4, 0.5) is 10.3 Å². The average Bonchev–Trinajstić information content (AvgIpc) is 3.63. The zero-order valence-electron chi connectivity index (χ0n) is 20.0. The molecule has 1 saturated carbocycles. The molecule has 0 radical (unpaired) electrons. The largest absolute Gasteiger partial charge is 0.380 e. The first-order valence-corrected chi connectivity index (χ1v) is 13.7. The number of nitrogens with zero attached hydrogens (tertiary/aromatic N) is 3. The van der Waals surface area contributed by atoms with Crippen molar-refractivity contribution in [1.82, 2.24) is 9.97 Å². The molecule has 2 unspecified atom stereocenters. The summed E-state index contributed by atoms with van der Waals surface area (Å²) in [5.74, 6) is 2.41. The normalized spacial score (nSPS) is 21.1. The van der Waals surface area contributed by atoms with Gasteiger partial charge in [0, 0.05) is 50.3 Å². The minimum absolute atomic E-state index is 0.0257. The van der Waals surface area contributed by atoms with E-state index in [0.29, 0.717) is 24.7 Å². The van der Waals surface area contributed by atoms with E-state index >= 15 is 0 Å². The number of halogens is 1. The van der Waals surface area contributed by atoms with Crippen molar-refractivity contribution >= 4 is 15.8 Å². The summed E-state index contributed by atoms with van der Waals surface area (Å²) in [6.07, 6.45) is 8.21. The molecule has 0 spiro atoms. The number of ether oxygens (including phenoxy) is 2. The van der Waals surface area contributed by atoms with Gasteiger partial charge in [-0.05, 0) is 55.6 Å². The molecule has 2 fully saturated rings. The molecule has 9 heteroatoms. The molecule has 2 aliphatic rings. The van der Waals surface area contributed by atoms with E-state index in [4.69, 9.17) is 9.47 Å². The van der Waals surface area contributed by atoms with Gasteiger partial charge in [0.15, 0.2) is 9.84 Å². The summed E-state index contributed by atoms with van der Waals surface area (Å²) >= 11 is 0. The third-order valence-electron chi connectivity index (χ3n) is 7.06. The van der Waals surface area contributed by atoms with E-state index in [-0.39, 0.29) is 17.3 Å². The standard InChI is InChI=1S/C25H34FN3O4S/c1-3-34(30,31)22-5-4-21(24(26)13-22)17-33-11-8-20-12-23(20)19-6-9-29(10-7-19)25-27-14-18(15-28-25)16-32-2/h4-5,13-15,19-20,23H,3,6-12,16-17H2,1-2H3. The molecular formula is C25H34FN3O4S. The van der Waals surface area contributed by atoms with Crippen LogP contribution in [0.3, 0.4) is 0 Å². The van der Waals surface area contributed by atoms with E-state index in [0.717, 1.165) is 61.8 Å². The van der Waals surface area contributed by atoms with Gasteiger partial charge in [-0.2, -0.15) is 0 Å². The third-order valence-corrected chi connectivity index (χ3v) is 8.79. The van der Waals surface area contributed by atoms with Crippen molar-refractivity contribution in [2.45, 2.75) is 50.7 Å². The van der Waals surface area contributed by atoms with Crippen molar-refractivity contribution < 1.29 is 22.3 Å². The van der Waals surface area contributed by atoms with Crippen LogP contribution in [-0.4, -0.2) is 50.9 Å². The molecule has 0 bridgehead atoms. The maximum absolute atomic E-state index is 14.3. The van der Waals surface area contributed by atoms with E-state index in [2.05, 4.69) is 14.9 Å². The lowest BCUT2D eigenvalue weighted by molar-refractivity contribution is 0.110. The van der Waals surface area contributed by atoms with Gasteiger partial charge in [0.1, 0.15) is 5.82 Å². The summed E-state index contributed by atoms with van der Waals surface area (Å²) < 4.78 is 48.9. The summed E-state index contributed by atoms with van der Waals surface area (Å²) in [5, 5.41) is 0. The maximum Gasteiger partial charge on any atom is 0.225 e. The number of piperidine rings is 1. The molecule has 2 atom stereocenters. The first-order chi connectivity index (χ1) is 16.4. The average molecular weight is 492 g/mol. The molecule has 7 nitrogen and oxygen atoms in total. The molecule has 2 aromatic rings. The molecule has 1 aromatic carbocycles. The summed E-state index contributed by atoms with van der Waals surface area (Å²) in [6.45, 7) is 4.80. The van der Waals surface area contributed by atoms with Crippen LogP contribution in [0.1, 0.15) is 43.7 Å². The molecule has 1 aromatic heterocycles. The number of rotatable bonds is 11. The Morgan fingerprint density at radius 2 is 1.88 bits per heavy atom. The first-order valence-electron chi connectivity index (χ1n) is 12.0. The van der Waals surface area contributed by atoms with Crippen LogP contribution in [0.5, 0.6) is 0 Å². The number of benzene rings is 1. The van der Waals surface area contributed by atoms with Crippen molar-refractivity contribution in [3.63, 3.8) is 0 Å². The Labute approximate surface area is 201 Å². The predicted molar refractivity (Wildman–Crippen MR) is 128 cm³/mol. The Balaban J connectivity index is 1.15. The Bertz CT molecular complexity index is 1060. The van der Waals surface area contributed by atoms with Gasteiger partial charge in [0.2, 0.25) is 5.95 Å². The summed E-state index contributed by atoms with van der Waals surface area (Å²) in [4.78, 5) is 11.3. The fraction of sp³-hybridized carbons (Fsp3) is 0.600. The number of anilines is 1. The zero-order valence-corrected chi connectivity index (χ0v) is 20.8. The van der Waals surface area contributed by atoms with Crippen LogP contribution in [0, 0.1) is 23.6 Å². The second-order valence-electron chi connectivity index (χ2n) is 9.31.